The van der Waals surface area contributed by atoms with Gasteiger partial charge in [-0.1, -0.05) is 30.3 Å². The molecule has 0 saturated carbocycles. The molecule has 0 radical (unpaired) electrons. The minimum absolute atomic E-state index is 0.220. The standard InChI is InChI=1S/C19H24FN3O2/c1-3-21-19(22-12-15-7-4-5-10-17(15)20)23-13-18(24)14-8-6-9-16(11-14)25-2/h4-11,18,24H,3,12-13H2,1-2H3,(H2,21,22,23). The van der Waals surface area contributed by atoms with Gasteiger partial charge < -0.3 is 20.5 Å². The molecule has 0 aliphatic rings. The summed E-state index contributed by atoms with van der Waals surface area (Å²) in [6.45, 7) is 3.10. The molecular formula is C19H24FN3O2. The lowest BCUT2D eigenvalue weighted by molar-refractivity contribution is 0.180. The molecule has 2 rings (SSSR count). The third kappa shape index (κ3) is 5.76. The van der Waals surface area contributed by atoms with E-state index in [9.17, 15) is 9.50 Å². The number of hydrogen-bond donors (Lipinski definition) is 3. The van der Waals surface area contributed by atoms with Crippen LogP contribution in [0.15, 0.2) is 53.5 Å². The second-order valence-corrected chi connectivity index (χ2v) is 5.46. The van der Waals surface area contributed by atoms with Crippen LogP contribution < -0.4 is 15.4 Å². The van der Waals surface area contributed by atoms with Crippen LogP contribution in [-0.4, -0.2) is 31.3 Å². The number of aliphatic hydroxyl groups excluding tert-OH is 1. The number of nitrogens with one attached hydrogen (secondary N) is 2. The average molecular weight is 345 g/mol. The highest BCUT2D eigenvalue weighted by Crippen LogP contribution is 2.18. The van der Waals surface area contributed by atoms with E-state index in [1.807, 2.05) is 25.1 Å². The summed E-state index contributed by atoms with van der Waals surface area (Å²) in [4.78, 5) is 4.36. The fourth-order valence-electron chi connectivity index (χ4n) is 2.29. The van der Waals surface area contributed by atoms with Crippen molar-refractivity contribution in [3.8, 4) is 5.75 Å². The first-order valence-corrected chi connectivity index (χ1v) is 8.21. The summed E-state index contributed by atoms with van der Waals surface area (Å²) < 4.78 is 18.8. The van der Waals surface area contributed by atoms with Crippen molar-refractivity contribution in [2.24, 2.45) is 4.99 Å². The van der Waals surface area contributed by atoms with Crippen LogP contribution in [-0.2, 0) is 6.54 Å². The lowest BCUT2D eigenvalue weighted by atomic mass is 10.1. The Morgan fingerprint density at radius 3 is 2.72 bits per heavy atom. The topological polar surface area (TPSA) is 65.9 Å². The first-order valence-electron chi connectivity index (χ1n) is 8.21. The largest absolute Gasteiger partial charge is 0.497 e. The molecule has 1 atom stereocenters. The number of aliphatic hydroxyl groups is 1. The molecule has 0 aliphatic carbocycles. The van der Waals surface area contributed by atoms with E-state index in [0.717, 1.165) is 5.56 Å². The van der Waals surface area contributed by atoms with Gasteiger partial charge in [-0.3, -0.25) is 0 Å². The number of guanidine groups is 1. The number of rotatable bonds is 7. The molecule has 0 saturated heterocycles. The highest BCUT2D eigenvalue weighted by Gasteiger charge is 2.09. The molecule has 2 aromatic carbocycles. The molecule has 1 unspecified atom stereocenters. The molecule has 134 valence electrons. The Hall–Kier alpha value is -2.60. The van der Waals surface area contributed by atoms with Crippen molar-refractivity contribution in [3.63, 3.8) is 0 Å². The predicted molar refractivity (Wildman–Crippen MR) is 97.2 cm³/mol. The van der Waals surface area contributed by atoms with Crippen LogP contribution in [0.3, 0.4) is 0 Å². The first-order chi connectivity index (χ1) is 12.1. The van der Waals surface area contributed by atoms with Gasteiger partial charge in [-0.25, -0.2) is 9.38 Å². The van der Waals surface area contributed by atoms with E-state index < -0.39 is 6.10 Å². The van der Waals surface area contributed by atoms with E-state index in [4.69, 9.17) is 4.74 Å². The zero-order chi connectivity index (χ0) is 18.1. The van der Waals surface area contributed by atoms with Gasteiger partial charge >= 0.3 is 0 Å². The van der Waals surface area contributed by atoms with E-state index in [2.05, 4.69) is 15.6 Å². The van der Waals surface area contributed by atoms with Crippen molar-refractivity contribution in [2.75, 3.05) is 20.2 Å². The number of aliphatic imine (C=N–C) groups is 1. The van der Waals surface area contributed by atoms with Gasteiger partial charge in [0.2, 0.25) is 0 Å². The maximum Gasteiger partial charge on any atom is 0.191 e. The lowest BCUT2D eigenvalue weighted by Crippen LogP contribution is -2.39. The summed E-state index contributed by atoms with van der Waals surface area (Å²) in [5.41, 5.74) is 1.27. The van der Waals surface area contributed by atoms with Gasteiger partial charge in [0.25, 0.3) is 0 Å². The van der Waals surface area contributed by atoms with Gasteiger partial charge in [0.15, 0.2) is 5.96 Å². The molecule has 0 bridgehead atoms. The molecule has 0 heterocycles. The second-order valence-electron chi connectivity index (χ2n) is 5.46. The second kappa shape index (κ2) is 9.64. The van der Waals surface area contributed by atoms with Crippen LogP contribution in [0.1, 0.15) is 24.2 Å². The molecule has 0 spiro atoms. The summed E-state index contributed by atoms with van der Waals surface area (Å²) >= 11 is 0. The lowest BCUT2D eigenvalue weighted by Gasteiger charge is -2.16. The Labute approximate surface area is 147 Å². The summed E-state index contributed by atoms with van der Waals surface area (Å²) in [5.74, 6) is 0.933. The normalized spacial score (nSPS) is 12.6. The van der Waals surface area contributed by atoms with Gasteiger partial charge in [0.1, 0.15) is 11.6 Å². The minimum atomic E-state index is -0.715. The Kier molecular flexibility index (Phi) is 7.22. The number of benzene rings is 2. The predicted octanol–water partition coefficient (Wildman–Crippen LogP) is 2.62. The SMILES string of the molecule is CCNC(=NCc1ccccc1F)NCC(O)c1cccc(OC)c1. The maximum atomic E-state index is 13.7. The van der Waals surface area contributed by atoms with Crippen molar-refractivity contribution in [1.82, 2.24) is 10.6 Å². The molecule has 25 heavy (non-hydrogen) atoms. The third-order valence-electron chi connectivity index (χ3n) is 3.65. The number of ether oxygens (including phenoxy) is 1. The Morgan fingerprint density at radius 1 is 1.20 bits per heavy atom. The Balaban J connectivity index is 1.98. The van der Waals surface area contributed by atoms with Crippen LogP contribution in [0, 0.1) is 5.82 Å². The van der Waals surface area contributed by atoms with Crippen molar-refractivity contribution < 1.29 is 14.2 Å². The molecule has 5 nitrogen and oxygen atoms in total. The monoisotopic (exact) mass is 345 g/mol. The van der Waals surface area contributed by atoms with Crippen molar-refractivity contribution in [3.05, 3.63) is 65.5 Å². The maximum absolute atomic E-state index is 13.7. The van der Waals surface area contributed by atoms with E-state index >= 15 is 0 Å². The Morgan fingerprint density at radius 2 is 2.00 bits per heavy atom. The summed E-state index contributed by atoms with van der Waals surface area (Å²) in [7, 11) is 1.59. The molecule has 0 aromatic heterocycles. The van der Waals surface area contributed by atoms with Crippen molar-refractivity contribution >= 4 is 5.96 Å². The van der Waals surface area contributed by atoms with Crippen LogP contribution >= 0.6 is 0 Å². The Bertz CT molecular complexity index is 707. The highest BCUT2D eigenvalue weighted by atomic mass is 19.1. The van der Waals surface area contributed by atoms with Crippen LogP contribution in [0.5, 0.6) is 5.75 Å². The van der Waals surface area contributed by atoms with Gasteiger partial charge in [-0.15, -0.1) is 0 Å². The fourth-order valence-corrected chi connectivity index (χ4v) is 2.29. The summed E-state index contributed by atoms with van der Waals surface area (Å²) in [6, 6.07) is 13.8. The van der Waals surface area contributed by atoms with Crippen LogP contribution in [0.4, 0.5) is 4.39 Å². The van der Waals surface area contributed by atoms with Crippen molar-refractivity contribution in [1.29, 1.82) is 0 Å². The van der Waals surface area contributed by atoms with Crippen LogP contribution in [0.2, 0.25) is 0 Å². The number of hydrogen-bond acceptors (Lipinski definition) is 3. The quantitative estimate of drug-likeness (QED) is 0.533. The molecule has 0 aliphatic heterocycles. The molecule has 3 N–H and O–H groups in total. The number of methoxy groups -OCH3 is 1. The van der Waals surface area contributed by atoms with E-state index in [0.29, 0.717) is 23.8 Å². The number of halogens is 1. The van der Waals surface area contributed by atoms with E-state index in [1.54, 1.807) is 31.4 Å². The molecule has 0 amide bonds. The smallest absolute Gasteiger partial charge is 0.191 e. The van der Waals surface area contributed by atoms with E-state index in [1.165, 1.54) is 6.07 Å². The molecule has 0 fully saturated rings. The summed E-state index contributed by atoms with van der Waals surface area (Å²) in [5, 5.41) is 16.5. The zero-order valence-corrected chi connectivity index (χ0v) is 14.5. The average Bonchev–Trinajstić information content (AvgIpc) is 2.65. The fraction of sp³-hybridized carbons (Fsp3) is 0.316. The van der Waals surface area contributed by atoms with Gasteiger partial charge in [0.05, 0.1) is 19.8 Å². The molecule has 6 heteroatoms. The summed E-state index contributed by atoms with van der Waals surface area (Å²) in [6.07, 6.45) is -0.715. The number of nitrogens with zero attached hydrogens (tertiary/aromatic N) is 1. The van der Waals surface area contributed by atoms with E-state index in [-0.39, 0.29) is 18.9 Å². The molecule has 2 aromatic rings. The van der Waals surface area contributed by atoms with Gasteiger partial charge in [0, 0.05) is 18.7 Å². The minimum Gasteiger partial charge on any atom is -0.497 e. The van der Waals surface area contributed by atoms with Crippen molar-refractivity contribution in [2.45, 2.75) is 19.6 Å². The highest BCUT2D eigenvalue weighted by molar-refractivity contribution is 5.79. The zero-order valence-electron chi connectivity index (χ0n) is 14.5. The third-order valence-corrected chi connectivity index (χ3v) is 3.65. The molecular weight excluding hydrogens is 321 g/mol. The first kappa shape index (κ1) is 18.7. The van der Waals surface area contributed by atoms with Gasteiger partial charge in [-0.05, 0) is 30.7 Å². The van der Waals surface area contributed by atoms with Gasteiger partial charge in [-0.2, -0.15) is 0 Å². The van der Waals surface area contributed by atoms with Crippen LogP contribution in [0.25, 0.3) is 0 Å².